The second kappa shape index (κ2) is 12.5. The highest BCUT2D eigenvalue weighted by Crippen LogP contribution is 2.36. The van der Waals surface area contributed by atoms with Crippen LogP contribution < -0.4 is 26.6 Å². The summed E-state index contributed by atoms with van der Waals surface area (Å²) in [5.41, 5.74) is 0.979. The summed E-state index contributed by atoms with van der Waals surface area (Å²) < 4.78 is 0. The first-order valence-corrected chi connectivity index (χ1v) is 10.8. The number of aromatic hydroxyl groups is 4. The van der Waals surface area contributed by atoms with Gasteiger partial charge >= 0.3 is 0 Å². The van der Waals surface area contributed by atoms with Crippen LogP contribution in [0.1, 0.15) is 11.1 Å². The molecule has 14 heteroatoms. The highest BCUT2D eigenvalue weighted by molar-refractivity contribution is 6.03. The average molecular weight is 501 g/mol. The number of likely N-dealkylation sites (N-methyl/N-ethyl adjacent to an activating group) is 1. The van der Waals surface area contributed by atoms with E-state index in [2.05, 4.69) is 26.6 Å². The van der Waals surface area contributed by atoms with Crippen LogP contribution in [0.25, 0.3) is 0 Å². The lowest BCUT2D eigenvalue weighted by atomic mass is 10.1. The molecule has 0 aromatic heterocycles. The Morgan fingerprint density at radius 3 is 2.19 bits per heavy atom. The van der Waals surface area contributed by atoms with E-state index in [0.717, 1.165) is 0 Å². The molecule has 0 unspecified atom stereocenters. The van der Waals surface area contributed by atoms with Crippen molar-refractivity contribution >= 4 is 29.5 Å². The molecular weight excluding hydrogens is 468 g/mol. The Kier molecular flexibility index (Phi) is 9.54. The minimum Gasteiger partial charge on any atom is -0.504 e. The number of phenolic OH excluding ortho intramolecular Hbond substituents is 4. The number of para-hydroxylation sites is 1. The Balaban J connectivity index is 1.87. The SMILES string of the molecule is CNC(=N)NC(=N)NCCc1ccc(NC(=N)NC(=N)N(C)CCc2cccc(O)c2O)c(O)c1O. The Hall–Kier alpha value is -4.88. The van der Waals surface area contributed by atoms with Crippen LogP contribution in [0.2, 0.25) is 0 Å². The van der Waals surface area contributed by atoms with E-state index in [-0.39, 0.29) is 59.7 Å². The lowest BCUT2D eigenvalue weighted by Gasteiger charge is -2.22. The third kappa shape index (κ3) is 7.58. The monoisotopic (exact) mass is 500 g/mol. The molecule has 0 saturated heterocycles. The number of anilines is 1. The topological polar surface area (TPSA) is 240 Å². The van der Waals surface area contributed by atoms with E-state index in [0.29, 0.717) is 24.1 Å². The van der Waals surface area contributed by atoms with Crippen molar-refractivity contribution in [2.75, 3.05) is 32.5 Å². The standard InChI is InChI=1S/C22H32N10O4/c1-27-19(23)30-20(24)28-10-8-13-6-7-14(18(36)17(13)35)29-21(25)31-22(26)32(2)11-9-12-4-3-5-15(33)16(12)34/h3-7,33-36H,8-11H2,1-2H3,(H4,25,26,29,31)(H5,23,24,27,28,30). The van der Waals surface area contributed by atoms with E-state index in [1.54, 1.807) is 32.3 Å². The van der Waals surface area contributed by atoms with Crippen molar-refractivity contribution in [3.05, 3.63) is 41.5 Å². The summed E-state index contributed by atoms with van der Waals surface area (Å²) in [5, 5.41) is 84.2. The first-order valence-electron chi connectivity index (χ1n) is 10.8. The lowest BCUT2D eigenvalue weighted by molar-refractivity contribution is 0.396. The molecule has 0 aliphatic rings. The second-order valence-electron chi connectivity index (χ2n) is 7.70. The fourth-order valence-electron chi connectivity index (χ4n) is 3.04. The van der Waals surface area contributed by atoms with Gasteiger partial charge in [0, 0.05) is 27.2 Å². The molecule has 0 amide bonds. The van der Waals surface area contributed by atoms with Gasteiger partial charge in [0.05, 0.1) is 5.69 Å². The molecule has 2 aromatic carbocycles. The van der Waals surface area contributed by atoms with Crippen LogP contribution >= 0.6 is 0 Å². The van der Waals surface area contributed by atoms with E-state index >= 15 is 0 Å². The van der Waals surface area contributed by atoms with Gasteiger partial charge in [0.25, 0.3) is 0 Å². The second-order valence-corrected chi connectivity index (χ2v) is 7.70. The summed E-state index contributed by atoms with van der Waals surface area (Å²) in [4.78, 5) is 1.50. The highest BCUT2D eigenvalue weighted by atomic mass is 16.3. The summed E-state index contributed by atoms with van der Waals surface area (Å²) in [7, 11) is 3.16. The van der Waals surface area contributed by atoms with Gasteiger partial charge in [-0.1, -0.05) is 18.2 Å². The number of rotatable bonds is 7. The fourth-order valence-corrected chi connectivity index (χ4v) is 3.04. The number of hydrogen-bond acceptors (Lipinski definition) is 8. The van der Waals surface area contributed by atoms with Gasteiger partial charge in [0.15, 0.2) is 46.8 Å². The van der Waals surface area contributed by atoms with E-state index < -0.39 is 5.75 Å². The van der Waals surface area contributed by atoms with Gasteiger partial charge in [-0.25, -0.2) is 0 Å². The predicted molar refractivity (Wildman–Crippen MR) is 137 cm³/mol. The minimum absolute atomic E-state index is 0.0467. The third-order valence-corrected chi connectivity index (χ3v) is 5.13. The van der Waals surface area contributed by atoms with Crippen molar-refractivity contribution < 1.29 is 20.4 Å². The first kappa shape index (κ1) is 27.4. The molecule has 0 fully saturated rings. The van der Waals surface area contributed by atoms with Crippen LogP contribution in [-0.2, 0) is 12.8 Å². The van der Waals surface area contributed by atoms with Crippen molar-refractivity contribution in [1.82, 2.24) is 26.2 Å². The van der Waals surface area contributed by atoms with Crippen LogP contribution in [-0.4, -0.2) is 76.3 Å². The van der Waals surface area contributed by atoms with Crippen molar-refractivity contribution in [3.8, 4) is 23.0 Å². The van der Waals surface area contributed by atoms with Gasteiger partial charge in [-0.05, 0) is 36.1 Å². The van der Waals surface area contributed by atoms with Crippen LogP contribution in [0.15, 0.2) is 30.3 Å². The van der Waals surface area contributed by atoms with Crippen LogP contribution in [0.4, 0.5) is 5.69 Å². The summed E-state index contributed by atoms with van der Waals surface area (Å²) >= 11 is 0. The van der Waals surface area contributed by atoms with Crippen LogP contribution in [0.3, 0.4) is 0 Å². The average Bonchev–Trinajstić information content (AvgIpc) is 2.83. The molecule has 194 valence electrons. The molecule has 36 heavy (non-hydrogen) atoms. The van der Waals surface area contributed by atoms with Crippen LogP contribution in [0.5, 0.6) is 23.0 Å². The van der Waals surface area contributed by atoms with Crippen molar-refractivity contribution in [3.63, 3.8) is 0 Å². The van der Waals surface area contributed by atoms with Crippen molar-refractivity contribution in [2.45, 2.75) is 12.8 Å². The minimum atomic E-state index is -0.469. The predicted octanol–water partition coefficient (Wildman–Crippen LogP) is 0.365. The number of nitrogens with zero attached hydrogens (tertiary/aromatic N) is 1. The summed E-state index contributed by atoms with van der Waals surface area (Å²) in [6.45, 7) is 0.567. The molecule has 0 aliphatic heterocycles. The molecule has 0 radical (unpaired) electrons. The zero-order chi connectivity index (χ0) is 26.8. The van der Waals surface area contributed by atoms with Gasteiger partial charge < -0.3 is 41.3 Å². The Labute approximate surface area is 208 Å². The largest absolute Gasteiger partial charge is 0.504 e. The Morgan fingerprint density at radius 1 is 0.806 bits per heavy atom. The number of phenols is 4. The maximum absolute atomic E-state index is 10.3. The van der Waals surface area contributed by atoms with E-state index in [4.69, 9.17) is 21.6 Å². The Morgan fingerprint density at radius 2 is 1.50 bits per heavy atom. The molecule has 0 heterocycles. The zero-order valence-corrected chi connectivity index (χ0v) is 20.0. The molecule has 0 atom stereocenters. The van der Waals surface area contributed by atoms with Crippen LogP contribution in [0, 0.1) is 21.6 Å². The zero-order valence-electron chi connectivity index (χ0n) is 20.0. The molecule has 0 aliphatic carbocycles. The van der Waals surface area contributed by atoms with Crippen molar-refractivity contribution in [2.24, 2.45) is 0 Å². The molecule has 13 N–H and O–H groups in total. The number of hydrogen-bond donors (Lipinski definition) is 13. The third-order valence-electron chi connectivity index (χ3n) is 5.13. The normalized spacial score (nSPS) is 10.2. The van der Waals surface area contributed by atoms with E-state index in [1.807, 2.05) is 0 Å². The Bertz CT molecular complexity index is 1140. The lowest BCUT2D eigenvalue weighted by Crippen LogP contribution is -2.45. The van der Waals surface area contributed by atoms with Gasteiger partial charge in [-0.3, -0.25) is 32.3 Å². The molecule has 2 rings (SSSR count). The van der Waals surface area contributed by atoms with Gasteiger partial charge in [-0.2, -0.15) is 0 Å². The number of benzene rings is 2. The maximum Gasteiger partial charge on any atom is 0.199 e. The number of guanidine groups is 4. The van der Waals surface area contributed by atoms with Crippen molar-refractivity contribution in [1.29, 1.82) is 21.6 Å². The molecule has 0 saturated carbocycles. The van der Waals surface area contributed by atoms with Gasteiger partial charge in [0.1, 0.15) is 0 Å². The van der Waals surface area contributed by atoms with E-state index in [9.17, 15) is 20.4 Å². The molecule has 0 bridgehead atoms. The van der Waals surface area contributed by atoms with E-state index in [1.165, 1.54) is 17.0 Å². The smallest absolute Gasteiger partial charge is 0.199 e. The molecule has 2 aromatic rings. The molecule has 0 spiro atoms. The summed E-state index contributed by atoms with van der Waals surface area (Å²) in [5.74, 6) is -1.86. The first-order chi connectivity index (χ1) is 17.0. The quantitative estimate of drug-likeness (QED) is 0.141. The number of nitrogens with one attached hydrogen (secondary N) is 9. The summed E-state index contributed by atoms with van der Waals surface area (Å²) in [6.07, 6.45) is 0.622. The maximum atomic E-state index is 10.3. The van der Waals surface area contributed by atoms with Gasteiger partial charge in [-0.15, -0.1) is 0 Å². The van der Waals surface area contributed by atoms with Gasteiger partial charge in [0.2, 0.25) is 0 Å². The summed E-state index contributed by atoms with van der Waals surface area (Å²) in [6, 6.07) is 7.67. The molecule has 14 nitrogen and oxygen atoms in total. The molecular formula is C22H32N10O4. The highest BCUT2D eigenvalue weighted by Gasteiger charge is 2.15. The fraction of sp³-hybridized carbons (Fsp3) is 0.273.